The van der Waals surface area contributed by atoms with E-state index < -0.39 is 0 Å². The average molecular weight is 202 g/mol. The minimum atomic E-state index is 0.153. The summed E-state index contributed by atoms with van der Waals surface area (Å²) < 4.78 is 20.6. The standard InChI is InChI=1S/C8H14N2O4/c9-10-8-7-13-4-3-11-1-2-12-5-6-14-8/h1-7H2. The molecular weight excluding hydrogens is 188 g/mol. The Morgan fingerprint density at radius 3 is 2.07 bits per heavy atom. The first-order valence-corrected chi connectivity index (χ1v) is 4.50. The molecule has 14 heavy (non-hydrogen) atoms. The van der Waals surface area contributed by atoms with Gasteiger partial charge in [0.15, 0.2) is 6.61 Å². The van der Waals surface area contributed by atoms with Crippen molar-refractivity contribution in [2.24, 2.45) is 0 Å². The Hall–Kier alpha value is -0.940. The summed E-state index contributed by atoms with van der Waals surface area (Å²) in [6.07, 6.45) is 0. The molecule has 0 aromatic rings. The van der Waals surface area contributed by atoms with Crippen molar-refractivity contribution >= 4 is 5.90 Å². The Bertz CT molecular complexity index is 190. The van der Waals surface area contributed by atoms with Crippen LogP contribution in [0, 0.1) is 0 Å². The van der Waals surface area contributed by atoms with Crippen molar-refractivity contribution in [2.75, 3.05) is 46.2 Å². The van der Waals surface area contributed by atoms with E-state index in [2.05, 4.69) is 4.79 Å². The molecule has 0 radical (unpaired) electrons. The smallest absolute Gasteiger partial charge is 0.432 e. The van der Waals surface area contributed by atoms with Crippen LogP contribution >= 0.6 is 0 Å². The third-order valence-corrected chi connectivity index (χ3v) is 1.58. The normalized spacial score (nSPS) is 21.3. The van der Waals surface area contributed by atoms with Crippen molar-refractivity contribution in [2.45, 2.75) is 0 Å². The van der Waals surface area contributed by atoms with Gasteiger partial charge in [-0.1, -0.05) is 0 Å². The second-order valence-electron chi connectivity index (χ2n) is 2.62. The molecule has 6 heteroatoms. The number of rotatable bonds is 0. The number of ether oxygens (including phenoxy) is 4. The molecule has 1 rings (SSSR count). The largest absolute Gasteiger partial charge is 0.475 e. The van der Waals surface area contributed by atoms with Crippen LogP contribution in [-0.4, -0.2) is 56.9 Å². The first-order valence-electron chi connectivity index (χ1n) is 4.50. The zero-order chi connectivity index (χ0) is 10.1. The Labute approximate surface area is 82.3 Å². The van der Waals surface area contributed by atoms with E-state index in [1.54, 1.807) is 0 Å². The zero-order valence-electron chi connectivity index (χ0n) is 7.98. The van der Waals surface area contributed by atoms with Crippen LogP contribution in [0.15, 0.2) is 0 Å². The fourth-order valence-corrected chi connectivity index (χ4v) is 0.917. The quantitative estimate of drug-likeness (QED) is 0.399. The summed E-state index contributed by atoms with van der Waals surface area (Å²) in [6, 6.07) is 0. The molecule has 0 N–H and O–H groups in total. The van der Waals surface area contributed by atoms with Gasteiger partial charge >= 0.3 is 5.90 Å². The highest BCUT2D eigenvalue weighted by atomic mass is 16.6. The van der Waals surface area contributed by atoms with Gasteiger partial charge in [-0.2, -0.15) is 0 Å². The van der Waals surface area contributed by atoms with Gasteiger partial charge in [-0.25, -0.2) is 0 Å². The van der Waals surface area contributed by atoms with Crippen molar-refractivity contribution < 1.29 is 23.7 Å². The topological polar surface area (TPSA) is 73.3 Å². The molecule has 1 fully saturated rings. The fourth-order valence-electron chi connectivity index (χ4n) is 0.917. The van der Waals surface area contributed by atoms with E-state index >= 15 is 0 Å². The molecule has 0 aromatic heterocycles. The van der Waals surface area contributed by atoms with Gasteiger partial charge in [0.05, 0.1) is 33.0 Å². The monoisotopic (exact) mass is 202 g/mol. The summed E-state index contributed by atoms with van der Waals surface area (Å²) in [5.74, 6) is 0.161. The summed E-state index contributed by atoms with van der Waals surface area (Å²) in [4.78, 5) is 2.95. The first-order chi connectivity index (χ1) is 6.93. The SMILES string of the molecule is [N-]=[N+]=C1COCCOCCOCCO1. The second kappa shape index (κ2) is 7.46. The lowest BCUT2D eigenvalue weighted by atomic mass is 10.6. The van der Waals surface area contributed by atoms with Crippen LogP contribution < -0.4 is 0 Å². The molecule has 0 spiro atoms. The van der Waals surface area contributed by atoms with Crippen LogP contribution in [0.25, 0.3) is 5.53 Å². The predicted molar refractivity (Wildman–Crippen MR) is 47.0 cm³/mol. The lowest BCUT2D eigenvalue weighted by Gasteiger charge is -2.08. The van der Waals surface area contributed by atoms with E-state index in [0.717, 1.165) is 0 Å². The predicted octanol–water partition coefficient (Wildman–Crippen LogP) is -0.305. The van der Waals surface area contributed by atoms with E-state index in [-0.39, 0.29) is 12.5 Å². The molecule has 1 saturated heterocycles. The molecular formula is C8H14N2O4. The highest BCUT2D eigenvalue weighted by Gasteiger charge is 2.09. The van der Waals surface area contributed by atoms with E-state index in [0.29, 0.717) is 39.6 Å². The summed E-state index contributed by atoms with van der Waals surface area (Å²) >= 11 is 0. The molecule has 1 aliphatic rings. The summed E-state index contributed by atoms with van der Waals surface area (Å²) in [5, 5.41) is 0. The van der Waals surface area contributed by atoms with E-state index in [4.69, 9.17) is 24.5 Å². The van der Waals surface area contributed by atoms with Gasteiger partial charge in [-0.15, -0.1) is 4.79 Å². The van der Waals surface area contributed by atoms with Crippen molar-refractivity contribution in [3.05, 3.63) is 5.53 Å². The minimum Gasteiger partial charge on any atom is -0.432 e. The van der Waals surface area contributed by atoms with Crippen molar-refractivity contribution in [1.82, 2.24) is 0 Å². The van der Waals surface area contributed by atoms with Gasteiger partial charge in [0, 0.05) is 0 Å². The van der Waals surface area contributed by atoms with Crippen molar-refractivity contribution in [3.8, 4) is 0 Å². The van der Waals surface area contributed by atoms with Crippen LogP contribution in [0.3, 0.4) is 0 Å². The molecule has 0 bridgehead atoms. The Morgan fingerprint density at radius 2 is 1.43 bits per heavy atom. The van der Waals surface area contributed by atoms with E-state index in [9.17, 15) is 0 Å². The maximum atomic E-state index is 8.51. The van der Waals surface area contributed by atoms with Crippen LogP contribution in [0.1, 0.15) is 0 Å². The average Bonchev–Trinajstić information content (AvgIpc) is 2.19. The number of hydrogen-bond donors (Lipinski definition) is 0. The maximum Gasteiger partial charge on any atom is 0.475 e. The summed E-state index contributed by atoms with van der Waals surface area (Å²) in [5.41, 5.74) is 8.51. The zero-order valence-corrected chi connectivity index (χ0v) is 7.98. The van der Waals surface area contributed by atoms with Gasteiger partial charge in [0.2, 0.25) is 0 Å². The minimum absolute atomic E-state index is 0.153. The molecule has 0 saturated carbocycles. The van der Waals surface area contributed by atoms with E-state index in [1.165, 1.54) is 0 Å². The van der Waals surface area contributed by atoms with E-state index in [1.807, 2.05) is 0 Å². The molecule has 0 aromatic carbocycles. The molecule has 6 nitrogen and oxygen atoms in total. The van der Waals surface area contributed by atoms with Crippen LogP contribution in [0.5, 0.6) is 0 Å². The molecule has 0 unspecified atom stereocenters. The first kappa shape index (κ1) is 11.1. The highest BCUT2D eigenvalue weighted by molar-refractivity contribution is 5.71. The Balaban J connectivity index is 2.27. The second-order valence-corrected chi connectivity index (χ2v) is 2.62. The fraction of sp³-hybridized carbons (Fsp3) is 0.875. The summed E-state index contributed by atoms with van der Waals surface area (Å²) in [7, 11) is 0. The Kier molecular flexibility index (Phi) is 5.94. The third kappa shape index (κ3) is 4.94. The van der Waals surface area contributed by atoms with Crippen LogP contribution in [-0.2, 0) is 18.9 Å². The van der Waals surface area contributed by atoms with Gasteiger partial charge in [-0.05, 0) is 0 Å². The lowest BCUT2D eigenvalue weighted by molar-refractivity contribution is -0.0676. The van der Waals surface area contributed by atoms with Gasteiger partial charge < -0.3 is 24.5 Å². The van der Waals surface area contributed by atoms with Crippen LogP contribution in [0.4, 0.5) is 0 Å². The molecule has 0 amide bonds. The maximum absolute atomic E-state index is 8.51. The van der Waals surface area contributed by atoms with Crippen molar-refractivity contribution in [3.63, 3.8) is 0 Å². The molecule has 80 valence electrons. The van der Waals surface area contributed by atoms with Gasteiger partial charge in [0.1, 0.15) is 6.61 Å². The lowest BCUT2D eigenvalue weighted by Crippen LogP contribution is -2.21. The van der Waals surface area contributed by atoms with Crippen LogP contribution in [0.2, 0.25) is 0 Å². The molecule has 0 aliphatic carbocycles. The molecule has 0 atom stereocenters. The molecule has 1 aliphatic heterocycles. The number of nitrogens with zero attached hydrogens (tertiary/aromatic N) is 2. The van der Waals surface area contributed by atoms with Gasteiger partial charge in [-0.3, -0.25) is 0 Å². The summed E-state index contributed by atoms with van der Waals surface area (Å²) in [6.45, 7) is 2.99. The van der Waals surface area contributed by atoms with Crippen molar-refractivity contribution in [1.29, 1.82) is 0 Å². The van der Waals surface area contributed by atoms with Gasteiger partial charge in [0.25, 0.3) is 0 Å². The molecule has 1 heterocycles. The Morgan fingerprint density at radius 1 is 0.857 bits per heavy atom. The number of hydrogen-bond acceptors (Lipinski definition) is 4. The third-order valence-electron chi connectivity index (χ3n) is 1.58. The highest BCUT2D eigenvalue weighted by Crippen LogP contribution is 1.87.